The Hall–Kier alpha value is -1.15. The van der Waals surface area contributed by atoms with Crippen molar-refractivity contribution in [1.82, 2.24) is 4.98 Å². The Morgan fingerprint density at radius 3 is 2.83 bits per heavy atom. The molecule has 1 unspecified atom stereocenters. The van der Waals surface area contributed by atoms with Crippen molar-refractivity contribution in [2.24, 2.45) is 5.73 Å². The highest BCUT2D eigenvalue weighted by molar-refractivity contribution is 5.49. The molecule has 1 aromatic heterocycles. The van der Waals surface area contributed by atoms with Crippen molar-refractivity contribution in [3.63, 3.8) is 0 Å². The molecule has 0 saturated heterocycles. The van der Waals surface area contributed by atoms with Gasteiger partial charge in [0, 0.05) is 12.2 Å². The van der Waals surface area contributed by atoms with Crippen molar-refractivity contribution in [1.29, 1.82) is 0 Å². The molecular formula is C10H14N2. The molecule has 1 aromatic rings. The number of pyridine rings is 1. The fourth-order valence-electron chi connectivity index (χ4n) is 0.826. The first kappa shape index (κ1) is 8.94. The van der Waals surface area contributed by atoms with Gasteiger partial charge in [0.1, 0.15) is 0 Å². The van der Waals surface area contributed by atoms with Crippen molar-refractivity contribution in [3.05, 3.63) is 35.7 Å². The highest BCUT2D eigenvalue weighted by atomic mass is 14.7. The maximum Gasteiger partial charge on any atom is 0.0629 e. The Labute approximate surface area is 73.1 Å². The topological polar surface area (TPSA) is 38.9 Å². The van der Waals surface area contributed by atoms with E-state index >= 15 is 0 Å². The van der Waals surface area contributed by atoms with Crippen LogP contribution in [0.4, 0.5) is 0 Å². The molecule has 12 heavy (non-hydrogen) atoms. The monoisotopic (exact) mass is 162 g/mol. The molecule has 0 bridgehead atoms. The first-order chi connectivity index (χ1) is 5.70. The van der Waals surface area contributed by atoms with Crippen molar-refractivity contribution in [3.8, 4) is 0 Å². The average Bonchev–Trinajstić information content (AvgIpc) is 2.06. The SMILES string of the molecule is C/C(=C\c1ccccn1)C(C)N. The van der Waals surface area contributed by atoms with Crippen LogP contribution in [0.25, 0.3) is 6.08 Å². The maximum atomic E-state index is 5.69. The van der Waals surface area contributed by atoms with E-state index in [4.69, 9.17) is 5.73 Å². The fraction of sp³-hybridized carbons (Fsp3) is 0.300. The molecule has 0 aliphatic carbocycles. The molecule has 0 aromatic carbocycles. The molecule has 64 valence electrons. The van der Waals surface area contributed by atoms with Crippen LogP contribution in [-0.4, -0.2) is 11.0 Å². The van der Waals surface area contributed by atoms with Gasteiger partial charge in [-0.15, -0.1) is 0 Å². The smallest absolute Gasteiger partial charge is 0.0629 e. The van der Waals surface area contributed by atoms with Gasteiger partial charge in [-0.3, -0.25) is 4.98 Å². The van der Waals surface area contributed by atoms with Gasteiger partial charge < -0.3 is 5.73 Å². The Bertz CT molecular complexity index is 262. The van der Waals surface area contributed by atoms with E-state index in [9.17, 15) is 0 Å². The zero-order valence-electron chi connectivity index (χ0n) is 7.49. The molecule has 0 saturated carbocycles. The van der Waals surface area contributed by atoms with E-state index in [-0.39, 0.29) is 6.04 Å². The maximum absolute atomic E-state index is 5.69. The summed E-state index contributed by atoms with van der Waals surface area (Å²) in [5, 5.41) is 0. The van der Waals surface area contributed by atoms with E-state index in [1.165, 1.54) is 0 Å². The number of rotatable bonds is 2. The van der Waals surface area contributed by atoms with Gasteiger partial charge in [-0.25, -0.2) is 0 Å². The Kier molecular flexibility index (Phi) is 3.00. The second-order valence-corrected chi connectivity index (χ2v) is 2.93. The second-order valence-electron chi connectivity index (χ2n) is 2.93. The Morgan fingerprint density at radius 2 is 2.33 bits per heavy atom. The van der Waals surface area contributed by atoms with Gasteiger partial charge in [-0.2, -0.15) is 0 Å². The van der Waals surface area contributed by atoms with Gasteiger partial charge in [0.2, 0.25) is 0 Å². The molecule has 0 amide bonds. The van der Waals surface area contributed by atoms with Gasteiger partial charge in [0.15, 0.2) is 0 Å². The highest BCUT2D eigenvalue weighted by Crippen LogP contribution is 2.04. The zero-order valence-corrected chi connectivity index (χ0v) is 7.49. The minimum Gasteiger partial charge on any atom is -0.324 e. The van der Waals surface area contributed by atoms with E-state index < -0.39 is 0 Å². The van der Waals surface area contributed by atoms with Crippen LogP contribution in [0.5, 0.6) is 0 Å². The normalized spacial score (nSPS) is 14.4. The van der Waals surface area contributed by atoms with Crippen LogP contribution < -0.4 is 5.73 Å². The first-order valence-corrected chi connectivity index (χ1v) is 4.05. The number of nitrogens with two attached hydrogens (primary N) is 1. The predicted octanol–water partition coefficient (Wildman–Crippen LogP) is 1.83. The standard InChI is InChI=1S/C10H14N2/c1-8(9(2)11)7-10-5-3-4-6-12-10/h3-7,9H,11H2,1-2H3/b8-7+. The largest absolute Gasteiger partial charge is 0.324 e. The molecule has 2 N–H and O–H groups in total. The van der Waals surface area contributed by atoms with Gasteiger partial charge in [-0.1, -0.05) is 11.6 Å². The third-order valence-electron chi connectivity index (χ3n) is 1.78. The van der Waals surface area contributed by atoms with Crippen molar-refractivity contribution in [2.45, 2.75) is 19.9 Å². The van der Waals surface area contributed by atoms with Crippen molar-refractivity contribution < 1.29 is 0 Å². The van der Waals surface area contributed by atoms with Crippen LogP contribution in [0.15, 0.2) is 30.0 Å². The molecule has 1 atom stereocenters. The van der Waals surface area contributed by atoms with E-state index in [0.29, 0.717) is 0 Å². The van der Waals surface area contributed by atoms with E-state index in [0.717, 1.165) is 11.3 Å². The van der Waals surface area contributed by atoms with Crippen LogP contribution in [0.2, 0.25) is 0 Å². The highest BCUT2D eigenvalue weighted by Gasteiger charge is 1.96. The molecule has 0 fully saturated rings. The summed E-state index contributed by atoms with van der Waals surface area (Å²) in [4.78, 5) is 4.17. The Balaban J connectivity index is 2.81. The molecule has 0 spiro atoms. The van der Waals surface area contributed by atoms with Crippen LogP contribution in [0.1, 0.15) is 19.5 Å². The predicted molar refractivity (Wildman–Crippen MR) is 51.5 cm³/mol. The van der Waals surface area contributed by atoms with E-state index in [2.05, 4.69) is 4.98 Å². The van der Waals surface area contributed by atoms with Gasteiger partial charge in [0.25, 0.3) is 0 Å². The molecule has 2 heteroatoms. The zero-order chi connectivity index (χ0) is 8.97. The third-order valence-corrected chi connectivity index (χ3v) is 1.78. The first-order valence-electron chi connectivity index (χ1n) is 4.05. The molecule has 0 aliphatic heterocycles. The summed E-state index contributed by atoms with van der Waals surface area (Å²) in [7, 11) is 0. The van der Waals surface area contributed by atoms with Crippen LogP contribution in [0, 0.1) is 0 Å². The summed E-state index contributed by atoms with van der Waals surface area (Å²) in [6.45, 7) is 3.98. The fourth-order valence-corrected chi connectivity index (χ4v) is 0.826. The van der Waals surface area contributed by atoms with Gasteiger partial charge >= 0.3 is 0 Å². The van der Waals surface area contributed by atoms with E-state index in [1.54, 1.807) is 6.20 Å². The van der Waals surface area contributed by atoms with Crippen molar-refractivity contribution in [2.75, 3.05) is 0 Å². The summed E-state index contributed by atoms with van der Waals surface area (Å²) in [5.41, 5.74) is 7.80. The van der Waals surface area contributed by atoms with Crippen molar-refractivity contribution >= 4 is 6.08 Å². The summed E-state index contributed by atoms with van der Waals surface area (Å²) in [6.07, 6.45) is 3.78. The van der Waals surface area contributed by atoms with Gasteiger partial charge in [0.05, 0.1) is 5.69 Å². The minimum absolute atomic E-state index is 0.104. The number of aromatic nitrogens is 1. The molecule has 1 heterocycles. The summed E-state index contributed by atoms with van der Waals surface area (Å²) >= 11 is 0. The lowest BCUT2D eigenvalue weighted by atomic mass is 10.1. The third kappa shape index (κ3) is 2.47. The summed E-state index contributed by atoms with van der Waals surface area (Å²) in [6, 6.07) is 5.93. The summed E-state index contributed by atoms with van der Waals surface area (Å²) in [5.74, 6) is 0. The lowest BCUT2D eigenvalue weighted by molar-refractivity contribution is 0.867. The molecule has 0 aliphatic rings. The average molecular weight is 162 g/mol. The van der Waals surface area contributed by atoms with Crippen LogP contribution in [0.3, 0.4) is 0 Å². The van der Waals surface area contributed by atoms with Crippen LogP contribution in [-0.2, 0) is 0 Å². The molecular weight excluding hydrogens is 148 g/mol. The minimum atomic E-state index is 0.104. The Morgan fingerprint density at radius 1 is 1.58 bits per heavy atom. The summed E-state index contributed by atoms with van der Waals surface area (Å²) < 4.78 is 0. The molecule has 2 nitrogen and oxygen atoms in total. The molecule has 1 rings (SSSR count). The van der Waals surface area contributed by atoms with E-state index in [1.807, 2.05) is 38.1 Å². The number of hydrogen-bond donors (Lipinski definition) is 1. The second kappa shape index (κ2) is 4.02. The number of nitrogens with zero attached hydrogens (tertiary/aromatic N) is 1. The lowest BCUT2D eigenvalue weighted by Crippen LogP contribution is -2.15. The van der Waals surface area contributed by atoms with Gasteiger partial charge in [-0.05, 0) is 32.1 Å². The van der Waals surface area contributed by atoms with Crippen LogP contribution >= 0.6 is 0 Å². The molecule has 0 radical (unpaired) electrons. The lowest BCUT2D eigenvalue weighted by Gasteiger charge is -2.03. The number of hydrogen-bond acceptors (Lipinski definition) is 2. The quantitative estimate of drug-likeness (QED) is 0.720.